The van der Waals surface area contributed by atoms with E-state index in [0.29, 0.717) is 11.4 Å². The molecule has 0 amide bonds. The van der Waals surface area contributed by atoms with Gasteiger partial charge in [0.05, 0.1) is 29.5 Å². The van der Waals surface area contributed by atoms with Crippen molar-refractivity contribution >= 4 is 23.5 Å². The molecule has 1 saturated heterocycles. The number of anilines is 1. The van der Waals surface area contributed by atoms with Crippen LogP contribution in [0.1, 0.15) is 47.3 Å². The minimum absolute atomic E-state index is 0.373. The lowest BCUT2D eigenvalue weighted by Gasteiger charge is -2.26. The minimum Gasteiger partial charge on any atom is -0.353 e. The van der Waals surface area contributed by atoms with Crippen molar-refractivity contribution in [2.45, 2.75) is 25.8 Å². The first-order valence-corrected chi connectivity index (χ1v) is 10.4. The zero-order chi connectivity index (χ0) is 21.5. The van der Waals surface area contributed by atoms with E-state index in [2.05, 4.69) is 43.0 Å². The van der Waals surface area contributed by atoms with Crippen molar-refractivity contribution in [1.82, 2.24) is 25.1 Å². The first-order valence-electron chi connectivity index (χ1n) is 10.4. The van der Waals surface area contributed by atoms with Gasteiger partial charge in [-0.3, -0.25) is 15.0 Å². The number of hydrogen-bond acceptors (Lipinski definition) is 6. The molecule has 4 rings (SSSR count). The van der Waals surface area contributed by atoms with Gasteiger partial charge in [0.1, 0.15) is 11.8 Å². The molecule has 0 bridgehead atoms. The van der Waals surface area contributed by atoms with E-state index in [1.165, 1.54) is 37.9 Å². The van der Waals surface area contributed by atoms with E-state index in [1.54, 1.807) is 24.5 Å². The van der Waals surface area contributed by atoms with Gasteiger partial charge >= 0.3 is 0 Å². The summed E-state index contributed by atoms with van der Waals surface area (Å²) in [7, 11) is 0. The highest BCUT2D eigenvalue weighted by Crippen LogP contribution is 2.20. The van der Waals surface area contributed by atoms with Crippen LogP contribution in [0.3, 0.4) is 0 Å². The third-order valence-electron chi connectivity index (χ3n) is 5.27. The molecule has 0 aliphatic carbocycles. The molecule has 0 atom stereocenters. The number of likely N-dealkylation sites (tertiary alicyclic amines) is 1. The third-order valence-corrected chi connectivity index (χ3v) is 5.27. The number of H-pyrrole nitrogens is 1. The average molecular weight is 412 g/mol. The Bertz CT molecular complexity index is 1100. The summed E-state index contributed by atoms with van der Waals surface area (Å²) < 4.78 is 0. The van der Waals surface area contributed by atoms with E-state index in [0.717, 1.165) is 29.1 Å². The van der Waals surface area contributed by atoms with Crippen molar-refractivity contribution in [2.75, 3.05) is 18.4 Å². The normalized spacial score (nSPS) is 14.4. The number of rotatable bonds is 7. The lowest BCUT2D eigenvalue weighted by atomic mass is 10.1. The van der Waals surface area contributed by atoms with Crippen molar-refractivity contribution in [1.29, 1.82) is 5.26 Å². The summed E-state index contributed by atoms with van der Waals surface area (Å²) in [5.74, 6) is 0. The number of aromatic nitrogens is 4. The van der Waals surface area contributed by atoms with Crippen LogP contribution in [0.2, 0.25) is 0 Å². The Morgan fingerprint density at radius 2 is 2.03 bits per heavy atom. The van der Waals surface area contributed by atoms with Crippen molar-refractivity contribution in [2.24, 2.45) is 0 Å². The smallest absolute Gasteiger partial charge is 0.140 e. The fourth-order valence-corrected chi connectivity index (χ4v) is 3.68. The van der Waals surface area contributed by atoms with Gasteiger partial charge in [0.2, 0.25) is 0 Å². The molecule has 31 heavy (non-hydrogen) atoms. The largest absolute Gasteiger partial charge is 0.353 e. The van der Waals surface area contributed by atoms with E-state index in [1.807, 2.05) is 30.6 Å². The number of hydrogen-bond donors (Lipinski definition) is 2. The summed E-state index contributed by atoms with van der Waals surface area (Å²) in [6.45, 7) is 7.39. The Hall–Kier alpha value is -3.76. The van der Waals surface area contributed by atoms with Gasteiger partial charge in [-0.25, -0.2) is 4.98 Å². The molecule has 1 aliphatic rings. The maximum atomic E-state index is 8.87. The van der Waals surface area contributed by atoms with Crippen molar-refractivity contribution in [3.8, 4) is 6.07 Å². The molecule has 0 unspecified atom stereocenters. The number of aromatic amines is 1. The lowest BCUT2D eigenvalue weighted by Crippen LogP contribution is -2.29. The number of pyridine rings is 2. The van der Waals surface area contributed by atoms with Crippen molar-refractivity contribution in [3.63, 3.8) is 0 Å². The molecule has 156 valence electrons. The molecular weight excluding hydrogens is 386 g/mol. The first-order chi connectivity index (χ1) is 15.2. The Morgan fingerprint density at radius 1 is 1.16 bits per heavy atom. The molecule has 4 heterocycles. The summed E-state index contributed by atoms with van der Waals surface area (Å²) in [5, 5.41) is 19.2. The van der Waals surface area contributed by atoms with Crippen LogP contribution in [-0.2, 0) is 6.54 Å². The minimum atomic E-state index is 0.373. The zero-order valence-electron chi connectivity index (χ0n) is 17.4. The topological polar surface area (TPSA) is 93.5 Å². The Kier molecular flexibility index (Phi) is 6.50. The second-order valence-electron chi connectivity index (χ2n) is 7.64. The molecule has 0 radical (unpaired) electrons. The van der Waals surface area contributed by atoms with Crippen LogP contribution in [-0.4, -0.2) is 38.2 Å². The highest BCUT2D eigenvalue weighted by atomic mass is 15.1. The van der Waals surface area contributed by atoms with E-state index in [9.17, 15) is 0 Å². The molecule has 1 fully saturated rings. The maximum Gasteiger partial charge on any atom is 0.140 e. The Morgan fingerprint density at radius 3 is 2.81 bits per heavy atom. The van der Waals surface area contributed by atoms with Crippen LogP contribution in [0.15, 0.2) is 49.6 Å². The van der Waals surface area contributed by atoms with Crippen LogP contribution in [0.5, 0.6) is 0 Å². The summed E-state index contributed by atoms with van der Waals surface area (Å²) in [6, 6.07) is 7.65. The van der Waals surface area contributed by atoms with E-state index < -0.39 is 0 Å². The second kappa shape index (κ2) is 9.83. The SMILES string of the molecule is C=C(Nc1ccc(C#N)nc1)c1[nH]ncc1/C=C/c1cncc(CN2CCCCC2)c1. The molecule has 1 aliphatic heterocycles. The number of nitrogens with zero attached hydrogens (tertiary/aromatic N) is 5. The van der Waals surface area contributed by atoms with Gasteiger partial charge in [0.15, 0.2) is 0 Å². The van der Waals surface area contributed by atoms with Gasteiger partial charge in [-0.2, -0.15) is 10.4 Å². The molecule has 0 spiro atoms. The van der Waals surface area contributed by atoms with E-state index >= 15 is 0 Å². The van der Waals surface area contributed by atoms with Gasteiger partial charge < -0.3 is 5.32 Å². The van der Waals surface area contributed by atoms with Crippen LogP contribution >= 0.6 is 0 Å². The lowest BCUT2D eigenvalue weighted by molar-refractivity contribution is 0.220. The Balaban J connectivity index is 1.43. The molecule has 7 heteroatoms. The standard InChI is InChI=1S/C24H25N7/c1-18(29-23-8-7-22(12-25)27-16-23)24-21(15-28-30-24)6-5-19-11-20(14-26-13-19)17-31-9-3-2-4-10-31/h5-8,11,13-16,29H,1-4,9-10,17H2,(H,28,30)/b6-5+. The molecule has 3 aromatic rings. The summed E-state index contributed by atoms with van der Waals surface area (Å²) in [4.78, 5) is 11.0. The van der Waals surface area contributed by atoms with E-state index in [4.69, 9.17) is 5.26 Å². The second-order valence-corrected chi connectivity index (χ2v) is 7.64. The van der Waals surface area contributed by atoms with Gasteiger partial charge in [0, 0.05) is 24.5 Å². The molecule has 7 nitrogen and oxygen atoms in total. The molecule has 0 saturated carbocycles. The predicted molar refractivity (Wildman–Crippen MR) is 122 cm³/mol. The highest BCUT2D eigenvalue weighted by Gasteiger charge is 2.11. The third kappa shape index (κ3) is 5.44. The first kappa shape index (κ1) is 20.5. The molecular formula is C24H25N7. The van der Waals surface area contributed by atoms with Gasteiger partial charge in [-0.05, 0) is 55.3 Å². The molecule has 0 aromatic carbocycles. The predicted octanol–water partition coefficient (Wildman–Crippen LogP) is 4.31. The molecule has 2 N–H and O–H groups in total. The zero-order valence-corrected chi connectivity index (χ0v) is 17.4. The van der Waals surface area contributed by atoms with Crippen molar-refractivity contribution in [3.05, 3.63) is 77.6 Å². The highest BCUT2D eigenvalue weighted by molar-refractivity contribution is 5.81. The van der Waals surface area contributed by atoms with Crippen LogP contribution in [0.25, 0.3) is 17.8 Å². The Labute approximate surface area is 182 Å². The summed E-state index contributed by atoms with van der Waals surface area (Å²) in [6.07, 6.45) is 15.1. The fraction of sp³-hybridized carbons (Fsp3) is 0.250. The van der Waals surface area contributed by atoms with Crippen LogP contribution < -0.4 is 5.32 Å². The van der Waals surface area contributed by atoms with Gasteiger partial charge in [-0.1, -0.05) is 25.2 Å². The van der Waals surface area contributed by atoms with E-state index in [-0.39, 0.29) is 0 Å². The quantitative estimate of drug-likeness (QED) is 0.602. The van der Waals surface area contributed by atoms with Crippen LogP contribution in [0, 0.1) is 11.3 Å². The fourth-order valence-electron chi connectivity index (χ4n) is 3.68. The van der Waals surface area contributed by atoms with Gasteiger partial charge in [-0.15, -0.1) is 0 Å². The van der Waals surface area contributed by atoms with Gasteiger partial charge in [0.25, 0.3) is 0 Å². The van der Waals surface area contributed by atoms with Crippen molar-refractivity contribution < 1.29 is 0 Å². The molecule has 3 aromatic heterocycles. The maximum absolute atomic E-state index is 8.87. The number of piperidine rings is 1. The van der Waals surface area contributed by atoms with Crippen LogP contribution in [0.4, 0.5) is 5.69 Å². The summed E-state index contributed by atoms with van der Waals surface area (Å²) in [5.41, 5.74) is 5.78. The monoisotopic (exact) mass is 411 g/mol. The number of nitrogens with one attached hydrogen (secondary N) is 2. The number of nitriles is 1. The summed E-state index contributed by atoms with van der Waals surface area (Å²) >= 11 is 0. The average Bonchev–Trinajstić information content (AvgIpc) is 3.28.